The molecule has 9 heteroatoms. The summed E-state index contributed by atoms with van der Waals surface area (Å²) in [5.41, 5.74) is -7.09. The van der Waals surface area contributed by atoms with Gasteiger partial charge in [0.15, 0.2) is 0 Å². The number of ketones is 1. The van der Waals surface area contributed by atoms with Crippen LogP contribution in [0.2, 0.25) is 0 Å². The Morgan fingerprint density at radius 2 is 1.68 bits per heavy atom. The first-order valence-electron chi connectivity index (χ1n) is 13.6. The number of carbonyl (C=O) groups excluding carboxylic acids is 2. The summed E-state index contributed by atoms with van der Waals surface area (Å²) in [5.74, 6) is -1.40. The van der Waals surface area contributed by atoms with Gasteiger partial charge in [-0.3, -0.25) is 4.79 Å². The van der Waals surface area contributed by atoms with Crippen LogP contribution >= 0.6 is 0 Å². The smallest absolute Gasteiger partial charge is 0.334 e. The van der Waals surface area contributed by atoms with Crippen molar-refractivity contribution in [3.8, 4) is 0 Å². The second kappa shape index (κ2) is 7.23. The van der Waals surface area contributed by atoms with E-state index < -0.39 is 69.5 Å². The molecule has 0 aromatic rings. The van der Waals surface area contributed by atoms with E-state index in [1.165, 1.54) is 6.92 Å². The number of hydrogen-bond donors (Lipinski definition) is 5. The molecule has 0 bridgehead atoms. The van der Waals surface area contributed by atoms with E-state index in [1.54, 1.807) is 6.92 Å². The number of epoxide rings is 1. The van der Waals surface area contributed by atoms with E-state index in [4.69, 9.17) is 9.47 Å². The molecule has 0 unspecified atom stereocenters. The van der Waals surface area contributed by atoms with Crippen molar-refractivity contribution in [2.75, 3.05) is 0 Å². The van der Waals surface area contributed by atoms with Gasteiger partial charge in [-0.1, -0.05) is 12.5 Å². The molecular formula is C28H40O9. The highest BCUT2D eigenvalue weighted by Crippen LogP contribution is 2.75. The van der Waals surface area contributed by atoms with E-state index in [1.807, 2.05) is 20.8 Å². The molecule has 5 N–H and O–H groups in total. The Morgan fingerprint density at radius 3 is 2.32 bits per heavy atom. The molecular weight excluding hydrogens is 480 g/mol. The van der Waals surface area contributed by atoms with Crippen molar-refractivity contribution in [2.24, 2.45) is 22.7 Å². The van der Waals surface area contributed by atoms with Crippen LogP contribution in [0.1, 0.15) is 79.6 Å². The average molecular weight is 521 g/mol. The molecule has 5 fully saturated rings. The van der Waals surface area contributed by atoms with Crippen LogP contribution in [-0.4, -0.2) is 84.1 Å². The van der Waals surface area contributed by atoms with E-state index in [-0.39, 0.29) is 31.0 Å². The molecule has 1 spiro atoms. The molecule has 0 aromatic carbocycles. The highest BCUT2D eigenvalue weighted by molar-refractivity contribution is 5.90. The van der Waals surface area contributed by atoms with Gasteiger partial charge in [0.1, 0.15) is 34.8 Å². The number of aliphatic hydroxyl groups is 5. The largest absolute Gasteiger partial charge is 0.455 e. The first kappa shape index (κ1) is 25.9. The summed E-state index contributed by atoms with van der Waals surface area (Å²) < 4.78 is 11.7. The molecule has 0 amide bonds. The summed E-state index contributed by atoms with van der Waals surface area (Å²) in [5, 5.41) is 58.1. The lowest BCUT2D eigenvalue weighted by atomic mass is 9.41. The van der Waals surface area contributed by atoms with Gasteiger partial charge in [-0.05, 0) is 71.6 Å². The molecule has 0 aromatic heterocycles. The fraction of sp³-hybridized carbons (Fsp3) is 0.857. The van der Waals surface area contributed by atoms with Gasteiger partial charge < -0.3 is 35.0 Å². The van der Waals surface area contributed by atoms with Gasteiger partial charge >= 0.3 is 5.97 Å². The maximum atomic E-state index is 13.5. The minimum atomic E-state index is -1.84. The molecule has 4 saturated carbocycles. The van der Waals surface area contributed by atoms with Crippen molar-refractivity contribution in [2.45, 2.75) is 126 Å². The normalized spacial score (nSPS) is 56.5. The third kappa shape index (κ3) is 2.62. The van der Waals surface area contributed by atoms with Gasteiger partial charge in [-0.2, -0.15) is 0 Å². The van der Waals surface area contributed by atoms with Crippen molar-refractivity contribution in [3.05, 3.63) is 11.1 Å². The van der Waals surface area contributed by atoms with Crippen molar-refractivity contribution >= 4 is 11.8 Å². The molecule has 6 rings (SSSR count). The minimum absolute atomic E-state index is 0.106. The SMILES string of the molecule is CC1=C(C)C(=O)O[C@@H]([C@](C)(O)[C@]2(O)CC[C@@]3(O)[C@@H]4C[C@H]5O[C@]56[C@@H](O)[C@@H](O)CC(=O)[C@]6(C)[C@H]4CC[C@]23C)C1. The summed E-state index contributed by atoms with van der Waals surface area (Å²) in [6, 6.07) is 0. The number of esters is 1. The van der Waals surface area contributed by atoms with Crippen LogP contribution in [0.15, 0.2) is 11.1 Å². The monoisotopic (exact) mass is 520 g/mol. The Balaban J connectivity index is 1.38. The van der Waals surface area contributed by atoms with Crippen LogP contribution in [0, 0.1) is 22.7 Å². The van der Waals surface area contributed by atoms with Crippen LogP contribution in [0.4, 0.5) is 0 Å². The number of fused-ring (bicyclic) bond motifs is 4. The number of carbonyl (C=O) groups is 2. The number of rotatable bonds is 2. The predicted octanol–water partition coefficient (Wildman–Crippen LogP) is 0.920. The molecule has 37 heavy (non-hydrogen) atoms. The third-order valence-electron chi connectivity index (χ3n) is 12.5. The second-order valence-electron chi connectivity index (χ2n) is 13.5. The molecule has 9 nitrogen and oxygen atoms in total. The lowest BCUT2D eigenvalue weighted by Gasteiger charge is -2.64. The topological polar surface area (TPSA) is 157 Å². The number of hydrogen-bond acceptors (Lipinski definition) is 9. The van der Waals surface area contributed by atoms with E-state index in [2.05, 4.69) is 0 Å². The molecule has 6 aliphatic rings. The quantitative estimate of drug-likeness (QED) is 0.264. The van der Waals surface area contributed by atoms with Gasteiger partial charge in [0, 0.05) is 23.8 Å². The maximum absolute atomic E-state index is 13.5. The molecule has 1 saturated heterocycles. The van der Waals surface area contributed by atoms with Gasteiger partial charge in [0.2, 0.25) is 0 Å². The Labute approximate surface area is 216 Å². The van der Waals surface area contributed by atoms with E-state index in [9.17, 15) is 35.1 Å². The maximum Gasteiger partial charge on any atom is 0.334 e. The summed E-state index contributed by atoms with van der Waals surface area (Å²) in [6.07, 6.45) is -2.16. The average Bonchev–Trinajstić information content (AvgIpc) is 3.52. The first-order valence-corrected chi connectivity index (χ1v) is 13.6. The number of aliphatic hydroxyl groups excluding tert-OH is 2. The van der Waals surface area contributed by atoms with Gasteiger partial charge in [0.05, 0.1) is 23.2 Å². The van der Waals surface area contributed by atoms with Crippen LogP contribution < -0.4 is 0 Å². The molecule has 4 aliphatic carbocycles. The highest BCUT2D eigenvalue weighted by Gasteiger charge is 2.85. The van der Waals surface area contributed by atoms with Gasteiger partial charge in [-0.15, -0.1) is 0 Å². The highest BCUT2D eigenvalue weighted by atomic mass is 16.6. The lowest BCUT2D eigenvalue weighted by Crippen LogP contribution is -2.74. The Hall–Kier alpha value is -1.36. The first-order chi connectivity index (χ1) is 17.0. The van der Waals surface area contributed by atoms with Crippen molar-refractivity contribution in [3.63, 3.8) is 0 Å². The number of ether oxygens (including phenoxy) is 2. The fourth-order valence-electron chi connectivity index (χ4n) is 9.78. The number of cyclic esters (lactones) is 1. The zero-order chi connectivity index (χ0) is 27.1. The third-order valence-corrected chi connectivity index (χ3v) is 12.5. The van der Waals surface area contributed by atoms with Crippen LogP contribution in [0.3, 0.4) is 0 Å². The molecule has 12 atom stereocenters. The summed E-state index contributed by atoms with van der Waals surface area (Å²) in [6.45, 7) is 8.62. The van der Waals surface area contributed by atoms with Gasteiger partial charge in [0.25, 0.3) is 0 Å². The van der Waals surface area contributed by atoms with Crippen molar-refractivity contribution in [1.29, 1.82) is 0 Å². The Kier molecular flexibility index (Phi) is 5.06. The van der Waals surface area contributed by atoms with Crippen molar-refractivity contribution in [1.82, 2.24) is 0 Å². The Morgan fingerprint density at radius 1 is 1.00 bits per heavy atom. The summed E-state index contributed by atoms with van der Waals surface area (Å²) in [7, 11) is 0. The number of Topliss-reactive ketones (excluding diaryl/α,β-unsaturated/α-hetero) is 1. The van der Waals surface area contributed by atoms with Crippen LogP contribution in [0.5, 0.6) is 0 Å². The summed E-state index contributed by atoms with van der Waals surface area (Å²) >= 11 is 0. The van der Waals surface area contributed by atoms with Crippen LogP contribution in [-0.2, 0) is 19.1 Å². The molecule has 206 valence electrons. The molecule has 2 heterocycles. The lowest BCUT2D eigenvalue weighted by molar-refractivity contribution is -0.284. The second-order valence-corrected chi connectivity index (χ2v) is 13.5. The van der Waals surface area contributed by atoms with Gasteiger partial charge in [-0.25, -0.2) is 4.79 Å². The van der Waals surface area contributed by atoms with Crippen molar-refractivity contribution < 1.29 is 44.6 Å². The van der Waals surface area contributed by atoms with E-state index >= 15 is 0 Å². The Bertz CT molecular complexity index is 1110. The fourth-order valence-corrected chi connectivity index (χ4v) is 9.78. The van der Waals surface area contributed by atoms with E-state index in [0.29, 0.717) is 31.3 Å². The van der Waals surface area contributed by atoms with E-state index in [0.717, 1.165) is 5.57 Å². The molecule has 2 aliphatic heterocycles. The summed E-state index contributed by atoms with van der Waals surface area (Å²) in [4.78, 5) is 26.0. The van der Waals surface area contributed by atoms with Crippen LogP contribution in [0.25, 0.3) is 0 Å². The minimum Gasteiger partial charge on any atom is -0.455 e. The zero-order valence-corrected chi connectivity index (χ0v) is 22.3. The zero-order valence-electron chi connectivity index (χ0n) is 22.3. The molecule has 0 radical (unpaired) electrons. The predicted molar refractivity (Wildman–Crippen MR) is 129 cm³/mol. The standard InChI is InChI=1S/C28H40O9/c1-13-10-19(36-22(32)14(13)2)25(5,33)27(35)9-8-26(34)16-11-20-28(37-20)21(31)17(29)12-18(30)24(28,4)15(16)6-7-23(26,27)3/h15-17,19-21,29,31,33-35H,6-12H2,1-5H3/t15-,16+,17-,19+,20+,21-,23-,24-,25-,26+,27-,28-/m0/s1.